The van der Waals surface area contributed by atoms with Gasteiger partial charge >= 0.3 is 5.97 Å². The van der Waals surface area contributed by atoms with Gasteiger partial charge in [0.05, 0.1) is 11.6 Å². The molecule has 6 heteroatoms. The second-order valence-electron chi connectivity index (χ2n) is 7.68. The number of rotatable bonds is 5. The number of aliphatic carboxylic acids is 1. The molecule has 26 heavy (non-hydrogen) atoms. The van der Waals surface area contributed by atoms with Crippen molar-refractivity contribution in [3.8, 4) is 0 Å². The normalized spacial score (nSPS) is 28.6. The van der Waals surface area contributed by atoms with Gasteiger partial charge in [0.2, 0.25) is 5.91 Å². The summed E-state index contributed by atoms with van der Waals surface area (Å²) in [6.07, 6.45) is 4.62. The first-order valence-corrected chi connectivity index (χ1v) is 9.56. The molecule has 1 aliphatic carbocycles. The number of carboxylic acids is 1. The molecule has 0 bridgehead atoms. The maximum atomic E-state index is 13.2. The Bertz CT molecular complexity index is 668. The van der Waals surface area contributed by atoms with E-state index in [4.69, 9.17) is 4.74 Å². The van der Waals surface area contributed by atoms with Crippen LogP contribution in [0, 0.1) is 0 Å². The standard InChI is InChI=1S/C20H26N2O4/c23-18(16-8-9-17(19(24)25)22(16)15-6-7-15)21-20(10-12-26-13-11-20)14-4-2-1-3-5-14/h1-5,15-17H,6-13H2,(H,21,23)(H,24,25). The summed E-state index contributed by atoms with van der Waals surface area (Å²) in [4.78, 5) is 26.8. The predicted molar refractivity (Wildman–Crippen MR) is 95.6 cm³/mol. The van der Waals surface area contributed by atoms with Crippen LogP contribution in [0.15, 0.2) is 30.3 Å². The highest BCUT2D eigenvalue weighted by molar-refractivity contribution is 5.85. The minimum absolute atomic E-state index is 0.0357. The molecule has 3 fully saturated rings. The fourth-order valence-corrected chi connectivity index (χ4v) is 4.51. The van der Waals surface area contributed by atoms with Gasteiger partial charge in [-0.2, -0.15) is 0 Å². The molecule has 0 spiro atoms. The Morgan fingerprint density at radius 1 is 1.04 bits per heavy atom. The highest BCUT2D eigenvalue weighted by Crippen LogP contribution is 2.38. The minimum atomic E-state index is -0.809. The first-order chi connectivity index (χ1) is 12.6. The summed E-state index contributed by atoms with van der Waals surface area (Å²) in [6, 6.07) is 9.44. The molecule has 0 radical (unpaired) electrons. The minimum Gasteiger partial charge on any atom is -0.480 e. The van der Waals surface area contributed by atoms with Crippen LogP contribution in [0.1, 0.15) is 44.1 Å². The van der Waals surface area contributed by atoms with E-state index in [1.54, 1.807) is 0 Å². The van der Waals surface area contributed by atoms with E-state index >= 15 is 0 Å². The van der Waals surface area contributed by atoms with Crippen molar-refractivity contribution in [2.45, 2.75) is 62.2 Å². The highest BCUT2D eigenvalue weighted by Gasteiger charge is 2.49. The third-order valence-corrected chi connectivity index (χ3v) is 6.02. The topological polar surface area (TPSA) is 78.9 Å². The molecule has 2 atom stereocenters. The van der Waals surface area contributed by atoms with Crippen LogP contribution in [0.25, 0.3) is 0 Å². The van der Waals surface area contributed by atoms with Crippen LogP contribution >= 0.6 is 0 Å². The SMILES string of the molecule is O=C(O)C1CCC(C(=O)NC2(c3ccccc3)CCOCC2)N1C1CC1. The van der Waals surface area contributed by atoms with E-state index in [2.05, 4.69) is 17.4 Å². The largest absolute Gasteiger partial charge is 0.480 e. The molecule has 2 unspecified atom stereocenters. The molecule has 2 aliphatic heterocycles. The molecule has 2 heterocycles. The number of likely N-dealkylation sites (tertiary alicyclic amines) is 1. The lowest BCUT2D eigenvalue weighted by Crippen LogP contribution is -2.56. The van der Waals surface area contributed by atoms with Gasteiger partial charge in [-0.3, -0.25) is 14.5 Å². The van der Waals surface area contributed by atoms with E-state index < -0.39 is 17.6 Å². The zero-order chi connectivity index (χ0) is 18.1. The maximum Gasteiger partial charge on any atom is 0.320 e. The van der Waals surface area contributed by atoms with Gasteiger partial charge in [-0.15, -0.1) is 0 Å². The van der Waals surface area contributed by atoms with Gasteiger partial charge in [0, 0.05) is 19.3 Å². The number of carboxylic acid groups (broad SMARTS) is 1. The number of nitrogens with zero attached hydrogens (tertiary/aromatic N) is 1. The first-order valence-electron chi connectivity index (χ1n) is 9.56. The predicted octanol–water partition coefficient (Wildman–Crippen LogP) is 1.89. The number of benzene rings is 1. The van der Waals surface area contributed by atoms with Crippen LogP contribution in [0.3, 0.4) is 0 Å². The van der Waals surface area contributed by atoms with Crippen molar-refractivity contribution in [3.05, 3.63) is 35.9 Å². The lowest BCUT2D eigenvalue weighted by molar-refractivity contribution is -0.143. The number of ether oxygens (including phenoxy) is 1. The van der Waals surface area contributed by atoms with Crippen molar-refractivity contribution < 1.29 is 19.4 Å². The van der Waals surface area contributed by atoms with Crippen molar-refractivity contribution in [3.63, 3.8) is 0 Å². The molecule has 4 rings (SSSR count). The van der Waals surface area contributed by atoms with Crippen LogP contribution in [0.2, 0.25) is 0 Å². The average Bonchev–Trinajstić information content (AvgIpc) is 3.40. The first kappa shape index (κ1) is 17.5. The molecule has 2 saturated heterocycles. The van der Waals surface area contributed by atoms with Crippen molar-refractivity contribution in [1.82, 2.24) is 10.2 Å². The zero-order valence-electron chi connectivity index (χ0n) is 14.9. The van der Waals surface area contributed by atoms with Gasteiger partial charge in [0.1, 0.15) is 6.04 Å². The summed E-state index contributed by atoms with van der Waals surface area (Å²) in [6.45, 7) is 1.23. The Labute approximate surface area is 153 Å². The second-order valence-corrected chi connectivity index (χ2v) is 7.68. The number of hydrogen-bond acceptors (Lipinski definition) is 4. The fraction of sp³-hybridized carbons (Fsp3) is 0.600. The number of carbonyl (C=O) groups excluding carboxylic acids is 1. The highest BCUT2D eigenvalue weighted by atomic mass is 16.5. The van der Waals surface area contributed by atoms with Gasteiger partial charge in [-0.25, -0.2) is 0 Å². The molecule has 6 nitrogen and oxygen atoms in total. The third kappa shape index (κ3) is 3.23. The average molecular weight is 358 g/mol. The zero-order valence-corrected chi connectivity index (χ0v) is 14.9. The van der Waals surface area contributed by atoms with Gasteiger partial charge in [0.15, 0.2) is 0 Å². The Balaban J connectivity index is 1.56. The van der Waals surface area contributed by atoms with Crippen molar-refractivity contribution in [2.75, 3.05) is 13.2 Å². The quantitative estimate of drug-likeness (QED) is 0.840. The summed E-state index contributed by atoms with van der Waals surface area (Å²) in [5.41, 5.74) is 0.676. The Morgan fingerprint density at radius 2 is 1.69 bits per heavy atom. The Morgan fingerprint density at radius 3 is 2.31 bits per heavy atom. The lowest BCUT2D eigenvalue weighted by Gasteiger charge is -2.40. The van der Waals surface area contributed by atoms with Gasteiger partial charge in [-0.1, -0.05) is 30.3 Å². The Kier molecular flexibility index (Phi) is 4.71. The van der Waals surface area contributed by atoms with E-state index in [1.807, 2.05) is 23.1 Å². The van der Waals surface area contributed by atoms with Gasteiger partial charge in [0.25, 0.3) is 0 Å². The molecular formula is C20H26N2O4. The number of carbonyl (C=O) groups is 2. The summed E-state index contributed by atoms with van der Waals surface area (Å²) < 4.78 is 5.53. The molecule has 140 valence electrons. The van der Waals surface area contributed by atoms with Crippen molar-refractivity contribution >= 4 is 11.9 Å². The molecule has 1 amide bonds. The van der Waals surface area contributed by atoms with E-state index in [0.717, 1.165) is 31.2 Å². The molecular weight excluding hydrogens is 332 g/mol. The van der Waals surface area contributed by atoms with E-state index in [-0.39, 0.29) is 18.0 Å². The van der Waals surface area contributed by atoms with Gasteiger partial charge in [-0.05, 0) is 44.1 Å². The monoisotopic (exact) mass is 358 g/mol. The molecule has 1 saturated carbocycles. The second kappa shape index (κ2) is 7.00. The summed E-state index contributed by atoms with van der Waals surface area (Å²) in [5.74, 6) is -0.845. The molecule has 1 aromatic rings. The number of amides is 1. The van der Waals surface area contributed by atoms with E-state index in [9.17, 15) is 14.7 Å². The smallest absolute Gasteiger partial charge is 0.320 e. The maximum absolute atomic E-state index is 13.2. The number of hydrogen-bond donors (Lipinski definition) is 2. The van der Waals surface area contributed by atoms with E-state index in [0.29, 0.717) is 26.1 Å². The van der Waals surface area contributed by atoms with Crippen LogP contribution in [0.5, 0.6) is 0 Å². The summed E-state index contributed by atoms with van der Waals surface area (Å²) >= 11 is 0. The Hall–Kier alpha value is -1.92. The summed E-state index contributed by atoms with van der Waals surface area (Å²) in [5, 5.41) is 12.8. The van der Waals surface area contributed by atoms with E-state index in [1.165, 1.54) is 0 Å². The molecule has 3 aliphatic rings. The van der Waals surface area contributed by atoms with Crippen LogP contribution in [0.4, 0.5) is 0 Å². The van der Waals surface area contributed by atoms with Crippen LogP contribution in [-0.2, 0) is 19.9 Å². The molecule has 1 aromatic carbocycles. The van der Waals surface area contributed by atoms with Crippen LogP contribution < -0.4 is 5.32 Å². The van der Waals surface area contributed by atoms with Crippen LogP contribution in [-0.4, -0.2) is 53.2 Å². The van der Waals surface area contributed by atoms with Crippen molar-refractivity contribution in [1.29, 1.82) is 0 Å². The molecule has 0 aromatic heterocycles. The van der Waals surface area contributed by atoms with Crippen molar-refractivity contribution in [2.24, 2.45) is 0 Å². The lowest BCUT2D eigenvalue weighted by atomic mass is 9.82. The fourth-order valence-electron chi connectivity index (χ4n) is 4.51. The summed E-state index contributed by atoms with van der Waals surface area (Å²) in [7, 11) is 0. The number of nitrogens with one attached hydrogen (secondary N) is 1. The van der Waals surface area contributed by atoms with Gasteiger partial charge < -0.3 is 15.2 Å². The molecule has 2 N–H and O–H groups in total. The third-order valence-electron chi connectivity index (χ3n) is 6.02.